The average molecular weight is 276 g/mol. The molecule has 0 bridgehead atoms. The average Bonchev–Trinajstić information content (AvgIpc) is 2.74. The Kier molecular flexibility index (Phi) is 4.31. The van der Waals surface area contributed by atoms with Gasteiger partial charge in [0.1, 0.15) is 0 Å². The predicted octanol–water partition coefficient (Wildman–Crippen LogP) is 0.556. The van der Waals surface area contributed by atoms with Gasteiger partial charge >= 0.3 is 0 Å². The summed E-state index contributed by atoms with van der Waals surface area (Å²) in [6, 6.07) is 0. The van der Waals surface area contributed by atoms with Crippen molar-refractivity contribution in [2.45, 2.75) is 38.7 Å². The molecule has 0 saturated carbocycles. The van der Waals surface area contributed by atoms with Gasteiger partial charge in [0.05, 0.1) is 11.9 Å². The molecule has 2 unspecified atom stereocenters. The van der Waals surface area contributed by atoms with Crippen molar-refractivity contribution in [2.75, 3.05) is 32.0 Å². The molecule has 106 valence electrons. The van der Waals surface area contributed by atoms with E-state index in [1.807, 2.05) is 0 Å². The normalized spacial score (nSPS) is 34.9. The zero-order chi connectivity index (χ0) is 13.2. The van der Waals surface area contributed by atoms with Crippen LogP contribution in [0.5, 0.6) is 0 Å². The third-order valence-electron chi connectivity index (χ3n) is 4.08. The quantitative estimate of drug-likeness (QED) is 0.814. The minimum absolute atomic E-state index is 0.0551. The molecule has 2 aliphatic rings. The van der Waals surface area contributed by atoms with E-state index in [1.165, 1.54) is 0 Å². The minimum Gasteiger partial charge on any atom is -0.377 e. The fourth-order valence-electron chi connectivity index (χ4n) is 2.66. The molecule has 2 heterocycles. The maximum atomic E-state index is 12.3. The third-order valence-corrected chi connectivity index (χ3v) is 5.97. The smallest absolute Gasteiger partial charge is 0.216 e. The molecule has 2 saturated heterocycles. The van der Waals surface area contributed by atoms with Crippen LogP contribution in [-0.4, -0.2) is 50.8 Å². The van der Waals surface area contributed by atoms with E-state index in [2.05, 4.69) is 6.92 Å². The van der Waals surface area contributed by atoms with Crippen LogP contribution in [0, 0.1) is 5.41 Å². The molecule has 0 amide bonds. The van der Waals surface area contributed by atoms with Crippen molar-refractivity contribution in [1.29, 1.82) is 0 Å². The molecule has 2 fully saturated rings. The van der Waals surface area contributed by atoms with Gasteiger partial charge in [-0.05, 0) is 37.6 Å². The van der Waals surface area contributed by atoms with Crippen molar-refractivity contribution < 1.29 is 13.2 Å². The topological polar surface area (TPSA) is 72.6 Å². The number of sulfonamides is 1. The van der Waals surface area contributed by atoms with Gasteiger partial charge in [-0.2, -0.15) is 0 Å². The molecule has 0 aromatic rings. The van der Waals surface area contributed by atoms with Gasteiger partial charge in [0.15, 0.2) is 0 Å². The van der Waals surface area contributed by atoms with E-state index < -0.39 is 10.0 Å². The van der Waals surface area contributed by atoms with Gasteiger partial charge in [-0.3, -0.25) is 0 Å². The van der Waals surface area contributed by atoms with Crippen LogP contribution in [0.2, 0.25) is 0 Å². The first-order valence-electron chi connectivity index (χ1n) is 6.75. The minimum atomic E-state index is -3.19. The number of ether oxygens (including phenoxy) is 1. The second-order valence-corrected chi connectivity index (χ2v) is 7.88. The summed E-state index contributed by atoms with van der Waals surface area (Å²) in [6.45, 7) is 4.45. The molecular weight excluding hydrogens is 252 g/mol. The Hall–Kier alpha value is -0.170. The SMILES string of the molecule is CC1(CN)CCN(S(=O)(=O)CC2CCCCO2)C1. The van der Waals surface area contributed by atoms with Crippen molar-refractivity contribution in [3.05, 3.63) is 0 Å². The number of hydrogen-bond donors (Lipinski definition) is 1. The van der Waals surface area contributed by atoms with Crippen molar-refractivity contribution in [2.24, 2.45) is 11.1 Å². The summed E-state index contributed by atoms with van der Waals surface area (Å²) in [7, 11) is -3.19. The molecule has 5 nitrogen and oxygen atoms in total. The van der Waals surface area contributed by atoms with Gasteiger partial charge < -0.3 is 10.5 Å². The first-order valence-corrected chi connectivity index (χ1v) is 8.36. The van der Waals surface area contributed by atoms with E-state index in [0.717, 1.165) is 25.7 Å². The summed E-state index contributed by atoms with van der Waals surface area (Å²) in [5, 5.41) is 0. The van der Waals surface area contributed by atoms with Crippen LogP contribution in [0.3, 0.4) is 0 Å². The zero-order valence-corrected chi connectivity index (χ0v) is 11.9. The molecule has 0 radical (unpaired) electrons. The van der Waals surface area contributed by atoms with E-state index in [4.69, 9.17) is 10.5 Å². The Bertz CT molecular complexity index is 379. The van der Waals surface area contributed by atoms with Crippen LogP contribution in [0.1, 0.15) is 32.6 Å². The second-order valence-electron chi connectivity index (χ2n) is 5.87. The van der Waals surface area contributed by atoms with Crippen molar-refractivity contribution >= 4 is 10.0 Å². The molecule has 2 rings (SSSR count). The first-order chi connectivity index (χ1) is 8.45. The summed E-state index contributed by atoms with van der Waals surface area (Å²) >= 11 is 0. The lowest BCUT2D eigenvalue weighted by atomic mass is 9.90. The monoisotopic (exact) mass is 276 g/mol. The predicted molar refractivity (Wildman–Crippen MR) is 70.7 cm³/mol. The molecule has 0 aromatic carbocycles. The van der Waals surface area contributed by atoms with Crippen LogP contribution in [-0.2, 0) is 14.8 Å². The molecule has 2 aliphatic heterocycles. The van der Waals surface area contributed by atoms with Crippen molar-refractivity contribution in [3.8, 4) is 0 Å². The standard InChI is InChI=1S/C12H24N2O3S/c1-12(9-13)5-6-14(10-12)18(15,16)8-11-4-2-3-7-17-11/h11H,2-10,13H2,1H3. The van der Waals surface area contributed by atoms with E-state index >= 15 is 0 Å². The number of nitrogens with two attached hydrogens (primary N) is 1. The van der Waals surface area contributed by atoms with Gasteiger partial charge in [0, 0.05) is 19.7 Å². The number of nitrogens with zero attached hydrogens (tertiary/aromatic N) is 1. The van der Waals surface area contributed by atoms with Crippen LogP contribution in [0.15, 0.2) is 0 Å². The highest BCUT2D eigenvalue weighted by Crippen LogP contribution is 2.31. The van der Waals surface area contributed by atoms with Crippen LogP contribution in [0.4, 0.5) is 0 Å². The highest BCUT2D eigenvalue weighted by atomic mass is 32.2. The lowest BCUT2D eigenvalue weighted by Crippen LogP contribution is -2.39. The summed E-state index contributed by atoms with van der Waals surface area (Å²) in [6.07, 6.45) is 3.72. The van der Waals surface area contributed by atoms with Crippen LogP contribution in [0.25, 0.3) is 0 Å². The van der Waals surface area contributed by atoms with Gasteiger partial charge in [0.25, 0.3) is 0 Å². The first kappa shape index (κ1) is 14.2. The van der Waals surface area contributed by atoms with Gasteiger partial charge in [-0.1, -0.05) is 6.92 Å². The fraction of sp³-hybridized carbons (Fsp3) is 1.00. The molecule has 2 atom stereocenters. The van der Waals surface area contributed by atoms with Crippen molar-refractivity contribution in [3.63, 3.8) is 0 Å². The maximum absolute atomic E-state index is 12.3. The summed E-state index contributed by atoms with van der Waals surface area (Å²) in [5.41, 5.74) is 5.66. The Morgan fingerprint density at radius 3 is 2.78 bits per heavy atom. The van der Waals surface area contributed by atoms with E-state index in [0.29, 0.717) is 26.2 Å². The molecule has 18 heavy (non-hydrogen) atoms. The summed E-state index contributed by atoms with van der Waals surface area (Å²) in [4.78, 5) is 0. The highest BCUT2D eigenvalue weighted by Gasteiger charge is 2.39. The van der Waals surface area contributed by atoms with E-state index in [9.17, 15) is 8.42 Å². The largest absolute Gasteiger partial charge is 0.377 e. The van der Waals surface area contributed by atoms with E-state index in [1.54, 1.807) is 4.31 Å². The van der Waals surface area contributed by atoms with E-state index in [-0.39, 0.29) is 17.3 Å². The number of rotatable bonds is 4. The molecule has 2 N–H and O–H groups in total. The fourth-order valence-corrected chi connectivity index (χ4v) is 4.48. The Morgan fingerprint density at radius 2 is 2.22 bits per heavy atom. The third kappa shape index (κ3) is 3.23. The Morgan fingerprint density at radius 1 is 1.44 bits per heavy atom. The molecule has 0 aromatic heterocycles. The van der Waals surface area contributed by atoms with Gasteiger partial charge in [-0.15, -0.1) is 0 Å². The number of hydrogen-bond acceptors (Lipinski definition) is 4. The lowest BCUT2D eigenvalue weighted by Gasteiger charge is -2.26. The summed E-state index contributed by atoms with van der Waals surface area (Å²) in [5.74, 6) is 0.133. The van der Waals surface area contributed by atoms with Gasteiger partial charge in [0.2, 0.25) is 10.0 Å². The molecule has 0 aliphatic carbocycles. The Balaban J connectivity index is 1.95. The van der Waals surface area contributed by atoms with Crippen LogP contribution < -0.4 is 5.73 Å². The second kappa shape index (κ2) is 5.45. The summed E-state index contributed by atoms with van der Waals surface area (Å²) < 4.78 is 31.7. The van der Waals surface area contributed by atoms with Crippen LogP contribution >= 0.6 is 0 Å². The molecular formula is C12H24N2O3S. The zero-order valence-electron chi connectivity index (χ0n) is 11.1. The van der Waals surface area contributed by atoms with Gasteiger partial charge in [-0.25, -0.2) is 12.7 Å². The van der Waals surface area contributed by atoms with Crippen molar-refractivity contribution in [1.82, 2.24) is 4.31 Å². The lowest BCUT2D eigenvalue weighted by molar-refractivity contribution is 0.0299. The Labute approximate surface area is 110 Å². The highest BCUT2D eigenvalue weighted by molar-refractivity contribution is 7.89. The maximum Gasteiger partial charge on any atom is 0.216 e. The molecule has 0 spiro atoms. The molecule has 6 heteroatoms.